The summed E-state index contributed by atoms with van der Waals surface area (Å²) in [4.78, 5) is 0. The van der Waals surface area contributed by atoms with Crippen LogP contribution >= 0.6 is 12.1 Å². The van der Waals surface area contributed by atoms with Crippen molar-refractivity contribution in [2.24, 2.45) is 0 Å². The Morgan fingerprint density at radius 3 is 1.40 bits per heavy atom. The van der Waals surface area contributed by atoms with Crippen molar-refractivity contribution in [3.8, 4) is 0 Å². The van der Waals surface area contributed by atoms with E-state index in [1.165, 1.54) is 10.8 Å². The Bertz CT molecular complexity index is 582. The van der Waals surface area contributed by atoms with Gasteiger partial charge in [0.15, 0.2) is 0 Å². The maximum Gasteiger partial charge on any atom is 0.243 e. The third-order valence-electron chi connectivity index (χ3n) is 3.57. The molecule has 0 radical (unpaired) electrons. The summed E-state index contributed by atoms with van der Waals surface area (Å²) in [5, 5.41) is 2.39. The quantitative estimate of drug-likeness (QED) is 0.414. The molecular formula is C16H32N2O4S3. The fraction of sp³-hybridized carbons (Fsp3) is 0.750. The molecule has 6 nitrogen and oxygen atoms in total. The molecule has 0 aliphatic carbocycles. The fourth-order valence-electron chi connectivity index (χ4n) is 2.07. The largest absolute Gasteiger partial charge is 0.243 e. The molecule has 2 N–H and O–H groups in total. The molecule has 0 atom stereocenters. The van der Waals surface area contributed by atoms with Gasteiger partial charge in [-0.3, -0.25) is 0 Å². The minimum absolute atomic E-state index is 0.455. The molecule has 0 heterocycles. The van der Waals surface area contributed by atoms with E-state index in [1.807, 2.05) is 27.7 Å². The van der Waals surface area contributed by atoms with Crippen molar-refractivity contribution in [2.45, 2.75) is 79.1 Å². The van der Waals surface area contributed by atoms with E-state index in [0.717, 1.165) is 49.7 Å². The Morgan fingerprint density at radius 2 is 1.12 bits per heavy atom. The number of hydrogen-bond acceptors (Lipinski definition) is 5. The van der Waals surface area contributed by atoms with Crippen LogP contribution in [0.5, 0.6) is 0 Å². The first-order valence-electron chi connectivity index (χ1n) is 8.77. The monoisotopic (exact) mass is 412 g/mol. The zero-order valence-electron chi connectivity index (χ0n) is 15.7. The van der Waals surface area contributed by atoms with E-state index in [0.29, 0.717) is 25.0 Å². The molecule has 0 rings (SSSR count). The van der Waals surface area contributed by atoms with Crippen LogP contribution in [0.4, 0.5) is 0 Å². The summed E-state index contributed by atoms with van der Waals surface area (Å²) in [6.07, 6.45) is 6.59. The summed E-state index contributed by atoms with van der Waals surface area (Å²) in [6.45, 7) is 7.90. The summed E-state index contributed by atoms with van der Waals surface area (Å²) >= 11 is 0.455. The summed E-state index contributed by atoms with van der Waals surface area (Å²) in [6, 6.07) is 0. The van der Waals surface area contributed by atoms with E-state index in [9.17, 15) is 16.8 Å². The standard InChI is InChI=1S/C16H32N2O4S3/c1-5-9-11-15(7-3)13-24(19,20)17-23-18-25(21,22)14-16(8-4)12-10-6-2/h13-14,17-18H,5-12H2,1-4H3. The van der Waals surface area contributed by atoms with E-state index in [2.05, 4.69) is 8.25 Å². The first-order chi connectivity index (χ1) is 11.7. The second-order valence-electron chi connectivity index (χ2n) is 5.83. The van der Waals surface area contributed by atoms with Crippen molar-refractivity contribution in [3.63, 3.8) is 0 Å². The van der Waals surface area contributed by atoms with Gasteiger partial charge in [0.2, 0.25) is 20.0 Å². The Labute approximate surface area is 158 Å². The Morgan fingerprint density at radius 1 is 0.760 bits per heavy atom. The van der Waals surface area contributed by atoms with Crippen molar-refractivity contribution in [2.75, 3.05) is 0 Å². The van der Waals surface area contributed by atoms with Crippen LogP contribution in [0.15, 0.2) is 22.0 Å². The Hall–Kier alpha value is -0.350. The van der Waals surface area contributed by atoms with Gasteiger partial charge in [-0.15, -0.1) is 8.25 Å². The normalized spacial score (nSPS) is 14.1. The van der Waals surface area contributed by atoms with Crippen LogP contribution in [0.3, 0.4) is 0 Å². The van der Waals surface area contributed by atoms with Gasteiger partial charge in [0.25, 0.3) is 0 Å². The molecule has 25 heavy (non-hydrogen) atoms. The van der Waals surface area contributed by atoms with Gasteiger partial charge >= 0.3 is 0 Å². The highest BCUT2D eigenvalue weighted by Crippen LogP contribution is 2.15. The molecule has 0 aromatic rings. The lowest BCUT2D eigenvalue weighted by atomic mass is 10.1. The molecule has 0 unspecified atom stereocenters. The van der Waals surface area contributed by atoms with E-state index in [-0.39, 0.29) is 0 Å². The fourth-order valence-corrected chi connectivity index (χ4v) is 5.27. The smallest absolute Gasteiger partial charge is 0.207 e. The molecular weight excluding hydrogens is 380 g/mol. The summed E-state index contributed by atoms with van der Waals surface area (Å²) in [5.74, 6) is 0. The molecule has 0 amide bonds. The molecule has 9 heteroatoms. The van der Waals surface area contributed by atoms with Gasteiger partial charge in [0.1, 0.15) is 0 Å². The number of hydrogen-bond donors (Lipinski definition) is 2. The third-order valence-corrected chi connectivity index (χ3v) is 7.38. The van der Waals surface area contributed by atoms with E-state index in [4.69, 9.17) is 0 Å². The Balaban J connectivity index is 4.75. The SMILES string of the molecule is CCCCC(=CS(=O)(=O)NSNS(=O)(=O)C=C(CC)CCCC)CC. The minimum Gasteiger partial charge on any atom is -0.207 e. The summed E-state index contributed by atoms with van der Waals surface area (Å²) < 4.78 is 52.4. The molecule has 0 fully saturated rings. The summed E-state index contributed by atoms with van der Waals surface area (Å²) in [5.41, 5.74) is 1.65. The van der Waals surface area contributed by atoms with Crippen LogP contribution < -0.4 is 8.25 Å². The van der Waals surface area contributed by atoms with Gasteiger partial charge in [-0.25, -0.2) is 16.8 Å². The predicted octanol–water partition coefficient (Wildman–Crippen LogP) is 4.36. The minimum atomic E-state index is -3.69. The molecule has 0 aliphatic rings. The zero-order chi connectivity index (χ0) is 19.3. The number of rotatable bonds is 14. The number of sulfonamides is 2. The maximum atomic E-state index is 12.0. The highest BCUT2D eigenvalue weighted by molar-refractivity contribution is 8.15. The highest BCUT2D eigenvalue weighted by atomic mass is 32.3. The molecule has 0 aromatic carbocycles. The van der Waals surface area contributed by atoms with Crippen LogP contribution in [0.1, 0.15) is 79.1 Å². The first kappa shape index (κ1) is 24.7. The number of unbranched alkanes of at least 4 members (excludes halogenated alkanes) is 2. The van der Waals surface area contributed by atoms with Gasteiger partial charge in [-0.2, -0.15) is 0 Å². The molecule has 0 saturated carbocycles. The summed E-state index contributed by atoms with van der Waals surface area (Å²) in [7, 11) is -7.38. The van der Waals surface area contributed by atoms with Crippen molar-refractivity contribution in [1.82, 2.24) is 8.25 Å². The van der Waals surface area contributed by atoms with Gasteiger partial charge in [0.05, 0.1) is 0 Å². The molecule has 148 valence electrons. The molecule has 0 aromatic heterocycles. The van der Waals surface area contributed by atoms with E-state index in [1.54, 1.807) is 0 Å². The van der Waals surface area contributed by atoms with Crippen molar-refractivity contribution >= 4 is 32.2 Å². The lowest BCUT2D eigenvalue weighted by Gasteiger charge is -2.07. The molecule has 0 saturated heterocycles. The second kappa shape index (κ2) is 12.9. The molecule has 0 bridgehead atoms. The third kappa shape index (κ3) is 12.6. The number of allylic oxidation sites excluding steroid dienone is 2. The van der Waals surface area contributed by atoms with Crippen LogP contribution in [-0.4, -0.2) is 16.8 Å². The first-order valence-corrected chi connectivity index (χ1v) is 12.7. The van der Waals surface area contributed by atoms with Crippen molar-refractivity contribution in [1.29, 1.82) is 0 Å². The number of nitrogens with one attached hydrogen (secondary N) is 2. The average molecular weight is 413 g/mol. The van der Waals surface area contributed by atoms with E-state index < -0.39 is 20.0 Å². The van der Waals surface area contributed by atoms with Gasteiger partial charge in [-0.05, 0) is 38.5 Å². The maximum absolute atomic E-state index is 12.0. The van der Waals surface area contributed by atoms with E-state index >= 15 is 0 Å². The molecule has 0 spiro atoms. The second-order valence-corrected chi connectivity index (χ2v) is 10.0. The van der Waals surface area contributed by atoms with Crippen LogP contribution in [0.25, 0.3) is 0 Å². The van der Waals surface area contributed by atoms with Crippen molar-refractivity contribution in [3.05, 3.63) is 22.0 Å². The van der Waals surface area contributed by atoms with Crippen LogP contribution in [0.2, 0.25) is 0 Å². The van der Waals surface area contributed by atoms with Gasteiger partial charge < -0.3 is 0 Å². The topological polar surface area (TPSA) is 92.3 Å². The van der Waals surface area contributed by atoms with Crippen LogP contribution in [-0.2, 0) is 20.0 Å². The van der Waals surface area contributed by atoms with Crippen LogP contribution in [0, 0.1) is 0 Å². The zero-order valence-corrected chi connectivity index (χ0v) is 18.1. The predicted molar refractivity (Wildman–Crippen MR) is 108 cm³/mol. The van der Waals surface area contributed by atoms with Crippen molar-refractivity contribution < 1.29 is 16.8 Å². The lowest BCUT2D eigenvalue weighted by molar-refractivity contribution is 0.602. The lowest BCUT2D eigenvalue weighted by Crippen LogP contribution is -2.23. The van der Waals surface area contributed by atoms with Gasteiger partial charge in [0, 0.05) is 23.0 Å². The average Bonchev–Trinajstić information content (AvgIpc) is 2.54. The Kier molecular flexibility index (Phi) is 12.7. The highest BCUT2D eigenvalue weighted by Gasteiger charge is 2.12. The molecule has 0 aliphatic heterocycles. The van der Waals surface area contributed by atoms with Gasteiger partial charge in [-0.1, -0.05) is 51.7 Å².